The Morgan fingerprint density at radius 3 is 2.05 bits per heavy atom. The zero-order chi connectivity index (χ0) is 15.9. The molecule has 0 aliphatic rings. The Kier molecular flexibility index (Phi) is 7.31. The summed E-state index contributed by atoms with van der Waals surface area (Å²) in [6.45, 7) is 3.72. The van der Waals surface area contributed by atoms with E-state index >= 15 is 0 Å². The summed E-state index contributed by atoms with van der Waals surface area (Å²) < 4.78 is 26.6. The van der Waals surface area contributed by atoms with Crippen LogP contribution in [0.4, 0.5) is 0 Å². The van der Waals surface area contributed by atoms with Gasteiger partial charge in [-0.3, -0.25) is 0 Å². The van der Waals surface area contributed by atoms with Crippen molar-refractivity contribution >= 4 is 10.0 Å². The third-order valence-electron chi connectivity index (χ3n) is 3.22. The molecule has 0 fully saturated rings. The molecular weight excluding hydrogens is 288 g/mol. The molecular formula is C15H26N2O3S. The van der Waals surface area contributed by atoms with E-state index in [0.717, 1.165) is 17.5 Å². The molecule has 0 aliphatic carbocycles. The van der Waals surface area contributed by atoms with Gasteiger partial charge >= 0.3 is 0 Å². The molecule has 120 valence electrons. The Bertz CT molecular complexity index is 512. The molecule has 5 nitrogen and oxygen atoms in total. The number of hydrogen-bond acceptors (Lipinski definition) is 4. The van der Waals surface area contributed by atoms with E-state index in [1.165, 1.54) is 0 Å². The Morgan fingerprint density at radius 1 is 1.00 bits per heavy atom. The van der Waals surface area contributed by atoms with Crippen LogP contribution in [0.15, 0.2) is 24.3 Å². The van der Waals surface area contributed by atoms with E-state index in [1.54, 1.807) is 28.6 Å². The highest BCUT2D eigenvalue weighted by Gasteiger charge is 2.21. The van der Waals surface area contributed by atoms with Crippen LogP contribution in [0.5, 0.6) is 0 Å². The fraction of sp³-hybridized carbons (Fsp3) is 0.600. The van der Waals surface area contributed by atoms with Crippen LogP contribution in [-0.2, 0) is 22.4 Å². The normalized spacial score (nSPS) is 12.3. The molecule has 0 radical (unpaired) electrons. The van der Waals surface area contributed by atoms with Crippen LogP contribution in [-0.4, -0.2) is 56.5 Å². The van der Waals surface area contributed by atoms with E-state index in [1.807, 2.05) is 25.9 Å². The van der Waals surface area contributed by atoms with Crippen molar-refractivity contribution in [2.45, 2.75) is 25.7 Å². The zero-order valence-corrected chi connectivity index (χ0v) is 13.9. The maximum absolute atomic E-state index is 12.5. The third kappa shape index (κ3) is 6.13. The summed E-state index contributed by atoms with van der Waals surface area (Å²) in [5, 5.41) is 9.01. The van der Waals surface area contributed by atoms with Gasteiger partial charge < -0.3 is 10.0 Å². The lowest BCUT2D eigenvalue weighted by Crippen LogP contribution is -2.37. The molecule has 0 aromatic heterocycles. The SMILES string of the molecule is CCCN(CCN(C)C)S(=O)(=O)Cc1ccc(CO)cc1. The zero-order valence-electron chi connectivity index (χ0n) is 13.1. The second-order valence-electron chi connectivity index (χ2n) is 5.43. The Hall–Kier alpha value is -0.950. The summed E-state index contributed by atoms with van der Waals surface area (Å²) in [6, 6.07) is 7.04. The van der Waals surface area contributed by atoms with Crippen LogP contribution in [0.1, 0.15) is 24.5 Å². The summed E-state index contributed by atoms with van der Waals surface area (Å²) in [7, 11) is 0.561. The molecule has 0 unspecified atom stereocenters. The lowest BCUT2D eigenvalue weighted by Gasteiger charge is -2.23. The first-order valence-corrected chi connectivity index (χ1v) is 8.81. The molecule has 6 heteroatoms. The van der Waals surface area contributed by atoms with Gasteiger partial charge in [0.2, 0.25) is 10.0 Å². The van der Waals surface area contributed by atoms with E-state index in [4.69, 9.17) is 5.11 Å². The minimum absolute atomic E-state index is 0.00609. The molecule has 0 bridgehead atoms. The molecule has 1 aromatic carbocycles. The average molecular weight is 314 g/mol. The molecule has 0 aliphatic heterocycles. The number of aliphatic hydroxyl groups excluding tert-OH is 1. The van der Waals surface area contributed by atoms with Gasteiger partial charge in [0.25, 0.3) is 0 Å². The first-order valence-electron chi connectivity index (χ1n) is 7.20. The van der Waals surface area contributed by atoms with Crippen molar-refractivity contribution in [1.29, 1.82) is 0 Å². The van der Waals surface area contributed by atoms with Crippen molar-refractivity contribution < 1.29 is 13.5 Å². The number of sulfonamides is 1. The second kappa shape index (κ2) is 8.48. The summed E-state index contributed by atoms with van der Waals surface area (Å²) in [5.74, 6) is 0.00609. The first-order chi connectivity index (χ1) is 9.89. The molecule has 0 saturated heterocycles. The van der Waals surface area contributed by atoms with Crippen molar-refractivity contribution in [3.8, 4) is 0 Å². The van der Waals surface area contributed by atoms with Crippen molar-refractivity contribution in [3.05, 3.63) is 35.4 Å². The van der Waals surface area contributed by atoms with E-state index in [2.05, 4.69) is 0 Å². The Morgan fingerprint density at radius 2 is 1.57 bits per heavy atom. The van der Waals surface area contributed by atoms with Crippen LogP contribution in [0, 0.1) is 0 Å². The van der Waals surface area contributed by atoms with E-state index < -0.39 is 10.0 Å². The average Bonchev–Trinajstić information content (AvgIpc) is 2.43. The molecule has 0 amide bonds. The number of benzene rings is 1. The predicted molar refractivity (Wildman–Crippen MR) is 85.4 cm³/mol. The van der Waals surface area contributed by atoms with Crippen LogP contribution < -0.4 is 0 Å². The monoisotopic (exact) mass is 314 g/mol. The molecule has 0 spiro atoms. The standard InChI is InChI=1S/C15H26N2O3S/c1-4-9-17(11-10-16(2)3)21(19,20)13-15-7-5-14(12-18)6-8-15/h5-8,18H,4,9-13H2,1-3H3. The fourth-order valence-corrected chi connectivity index (χ4v) is 3.61. The number of rotatable bonds is 9. The second-order valence-corrected chi connectivity index (χ2v) is 7.40. The van der Waals surface area contributed by atoms with Gasteiger partial charge in [-0.05, 0) is 31.6 Å². The number of aliphatic hydroxyl groups is 1. The maximum Gasteiger partial charge on any atom is 0.218 e. The summed E-state index contributed by atoms with van der Waals surface area (Å²) in [4.78, 5) is 1.98. The van der Waals surface area contributed by atoms with Gasteiger partial charge in [-0.2, -0.15) is 0 Å². The van der Waals surface area contributed by atoms with Gasteiger partial charge in [-0.15, -0.1) is 0 Å². The molecule has 21 heavy (non-hydrogen) atoms. The van der Waals surface area contributed by atoms with Crippen LogP contribution in [0.25, 0.3) is 0 Å². The van der Waals surface area contributed by atoms with Crippen LogP contribution in [0.2, 0.25) is 0 Å². The largest absolute Gasteiger partial charge is 0.392 e. The molecule has 0 heterocycles. The minimum atomic E-state index is -3.31. The van der Waals surface area contributed by atoms with Gasteiger partial charge in [-0.25, -0.2) is 12.7 Å². The summed E-state index contributed by atoms with van der Waals surface area (Å²) >= 11 is 0. The fourth-order valence-electron chi connectivity index (χ4n) is 1.99. The minimum Gasteiger partial charge on any atom is -0.392 e. The van der Waals surface area contributed by atoms with Crippen molar-refractivity contribution in [3.63, 3.8) is 0 Å². The Labute approximate surface area is 128 Å². The van der Waals surface area contributed by atoms with Crippen molar-refractivity contribution in [2.24, 2.45) is 0 Å². The predicted octanol–water partition coefficient (Wildman–Crippen LogP) is 1.28. The Balaban J connectivity index is 2.79. The van der Waals surface area contributed by atoms with E-state index in [0.29, 0.717) is 19.6 Å². The highest BCUT2D eigenvalue weighted by Crippen LogP contribution is 2.13. The molecule has 1 N–H and O–H groups in total. The molecule has 1 aromatic rings. The highest BCUT2D eigenvalue weighted by atomic mass is 32.2. The van der Waals surface area contributed by atoms with Crippen molar-refractivity contribution in [2.75, 3.05) is 33.7 Å². The van der Waals surface area contributed by atoms with E-state index in [-0.39, 0.29) is 12.4 Å². The van der Waals surface area contributed by atoms with E-state index in [9.17, 15) is 8.42 Å². The quantitative estimate of drug-likeness (QED) is 0.746. The lowest BCUT2D eigenvalue weighted by atomic mass is 10.2. The molecule has 0 atom stereocenters. The van der Waals surface area contributed by atoms with Gasteiger partial charge in [0.15, 0.2) is 0 Å². The number of hydrogen-bond donors (Lipinski definition) is 1. The molecule has 0 saturated carbocycles. The number of likely N-dealkylation sites (N-methyl/N-ethyl adjacent to an activating group) is 1. The smallest absolute Gasteiger partial charge is 0.218 e. The third-order valence-corrected chi connectivity index (χ3v) is 5.07. The topological polar surface area (TPSA) is 60.9 Å². The number of nitrogens with zero attached hydrogens (tertiary/aromatic N) is 2. The first kappa shape index (κ1) is 18.1. The highest BCUT2D eigenvalue weighted by molar-refractivity contribution is 7.88. The van der Waals surface area contributed by atoms with Gasteiger partial charge in [0.1, 0.15) is 0 Å². The molecule has 1 rings (SSSR count). The van der Waals surface area contributed by atoms with Gasteiger partial charge in [-0.1, -0.05) is 31.2 Å². The summed E-state index contributed by atoms with van der Waals surface area (Å²) in [6.07, 6.45) is 0.802. The van der Waals surface area contributed by atoms with Gasteiger partial charge in [0.05, 0.1) is 12.4 Å². The van der Waals surface area contributed by atoms with Crippen molar-refractivity contribution in [1.82, 2.24) is 9.21 Å². The maximum atomic E-state index is 12.5. The van der Waals surface area contributed by atoms with Gasteiger partial charge in [0, 0.05) is 19.6 Å². The summed E-state index contributed by atoms with van der Waals surface area (Å²) in [5.41, 5.74) is 1.53. The lowest BCUT2D eigenvalue weighted by molar-refractivity contribution is 0.282. The van der Waals surface area contributed by atoms with Crippen LogP contribution >= 0.6 is 0 Å². The van der Waals surface area contributed by atoms with Crippen LogP contribution in [0.3, 0.4) is 0 Å².